The predicted molar refractivity (Wildman–Crippen MR) is 94.5 cm³/mol. The van der Waals surface area contributed by atoms with Crippen molar-refractivity contribution in [3.8, 4) is 0 Å². The van der Waals surface area contributed by atoms with E-state index in [0.29, 0.717) is 5.56 Å². The Kier molecular flexibility index (Phi) is 4.89. The molecular weight excluding hydrogens is 394 g/mol. The molecule has 2 rings (SSSR count). The normalized spacial score (nSPS) is 21.0. The molecule has 1 aromatic rings. The third-order valence-electron chi connectivity index (χ3n) is 4.06. The van der Waals surface area contributed by atoms with Crippen molar-refractivity contribution in [1.82, 2.24) is 5.32 Å². The Balaban J connectivity index is 2.14. The lowest BCUT2D eigenvalue weighted by Gasteiger charge is -2.45. The van der Waals surface area contributed by atoms with Crippen LogP contribution >= 0.6 is 31.9 Å². The van der Waals surface area contributed by atoms with Crippen LogP contribution in [0.3, 0.4) is 0 Å². The maximum absolute atomic E-state index is 12.5. The van der Waals surface area contributed by atoms with Crippen LogP contribution in [0.5, 0.6) is 0 Å². The molecule has 1 amide bonds. The third-order valence-corrected chi connectivity index (χ3v) is 5.25. The fraction of sp³-hybridized carbons (Fsp3) is 0.588. The summed E-state index contributed by atoms with van der Waals surface area (Å²) in [6, 6.07) is 5.92. The zero-order valence-electron chi connectivity index (χ0n) is 13.1. The summed E-state index contributed by atoms with van der Waals surface area (Å²) in [6.07, 6.45) is 3.27. The maximum Gasteiger partial charge on any atom is 0.252 e. The monoisotopic (exact) mass is 415 g/mol. The topological polar surface area (TPSA) is 29.1 Å². The van der Waals surface area contributed by atoms with E-state index >= 15 is 0 Å². The Morgan fingerprint density at radius 3 is 2.29 bits per heavy atom. The second kappa shape index (κ2) is 6.04. The van der Waals surface area contributed by atoms with Gasteiger partial charge in [0.05, 0.1) is 5.56 Å². The number of halogens is 2. The van der Waals surface area contributed by atoms with E-state index in [1.54, 1.807) is 0 Å². The lowest BCUT2D eigenvalue weighted by Crippen LogP contribution is -2.46. The van der Waals surface area contributed by atoms with Crippen LogP contribution in [0, 0.1) is 10.8 Å². The molecule has 116 valence electrons. The van der Waals surface area contributed by atoms with Gasteiger partial charge in [0, 0.05) is 15.0 Å². The van der Waals surface area contributed by atoms with Gasteiger partial charge < -0.3 is 5.32 Å². The number of hydrogen-bond acceptors (Lipinski definition) is 1. The van der Waals surface area contributed by atoms with Crippen LogP contribution in [0.1, 0.15) is 57.3 Å². The molecule has 1 fully saturated rings. The molecule has 0 spiro atoms. The van der Waals surface area contributed by atoms with Crippen LogP contribution in [-0.2, 0) is 0 Å². The quantitative estimate of drug-likeness (QED) is 0.672. The van der Waals surface area contributed by atoms with E-state index in [0.717, 1.165) is 21.8 Å². The zero-order valence-corrected chi connectivity index (χ0v) is 16.3. The minimum absolute atomic E-state index is 0.00155. The Bertz CT molecular complexity index is 536. The highest BCUT2D eigenvalue weighted by atomic mass is 79.9. The molecule has 1 aromatic carbocycles. The molecule has 1 aliphatic rings. The smallest absolute Gasteiger partial charge is 0.252 e. The molecule has 1 aliphatic carbocycles. The van der Waals surface area contributed by atoms with E-state index in [1.807, 2.05) is 18.2 Å². The highest BCUT2D eigenvalue weighted by molar-refractivity contribution is 9.11. The van der Waals surface area contributed by atoms with E-state index in [9.17, 15) is 4.79 Å². The van der Waals surface area contributed by atoms with Gasteiger partial charge in [0.15, 0.2) is 0 Å². The molecule has 0 radical (unpaired) electrons. The van der Waals surface area contributed by atoms with Crippen LogP contribution < -0.4 is 5.32 Å². The fourth-order valence-corrected chi connectivity index (χ4v) is 4.67. The van der Waals surface area contributed by atoms with Gasteiger partial charge in [-0.1, -0.05) is 43.6 Å². The van der Waals surface area contributed by atoms with Crippen molar-refractivity contribution in [2.45, 2.75) is 53.0 Å². The molecule has 0 bridgehead atoms. The van der Waals surface area contributed by atoms with Gasteiger partial charge in [-0.15, -0.1) is 0 Å². The number of amides is 1. The average molecular weight is 417 g/mol. The van der Waals surface area contributed by atoms with E-state index in [-0.39, 0.29) is 22.8 Å². The van der Waals surface area contributed by atoms with Crippen LogP contribution in [0.15, 0.2) is 27.1 Å². The Morgan fingerprint density at radius 1 is 1.14 bits per heavy atom. The summed E-state index contributed by atoms with van der Waals surface area (Å²) in [5.41, 5.74) is 1.23. The average Bonchev–Trinajstić information content (AvgIpc) is 2.27. The molecule has 0 aromatic heterocycles. The van der Waals surface area contributed by atoms with Crippen molar-refractivity contribution in [3.05, 3.63) is 32.7 Å². The highest BCUT2D eigenvalue weighted by Gasteiger charge is 2.39. The van der Waals surface area contributed by atoms with Crippen molar-refractivity contribution in [2.24, 2.45) is 10.8 Å². The first-order chi connectivity index (χ1) is 9.58. The molecular formula is C17H23Br2NO. The summed E-state index contributed by atoms with van der Waals surface area (Å²) in [5.74, 6) is 0.00155. The lowest BCUT2D eigenvalue weighted by molar-refractivity contribution is 0.0713. The van der Waals surface area contributed by atoms with Gasteiger partial charge >= 0.3 is 0 Å². The summed E-state index contributed by atoms with van der Waals surface area (Å²) in [4.78, 5) is 12.5. The number of benzene rings is 1. The molecule has 0 heterocycles. The molecule has 0 saturated heterocycles. The van der Waals surface area contributed by atoms with Gasteiger partial charge in [0.2, 0.25) is 0 Å². The summed E-state index contributed by atoms with van der Waals surface area (Å²) in [6.45, 7) is 9.17. The molecule has 0 unspecified atom stereocenters. The second-order valence-corrected chi connectivity index (χ2v) is 9.48. The first-order valence-corrected chi connectivity index (χ1v) is 8.93. The van der Waals surface area contributed by atoms with Gasteiger partial charge in [-0.25, -0.2) is 0 Å². The van der Waals surface area contributed by atoms with Crippen LogP contribution in [0.2, 0.25) is 0 Å². The number of nitrogens with one attached hydrogen (secondary N) is 1. The molecule has 21 heavy (non-hydrogen) atoms. The number of rotatable bonds is 2. The summed E-state index contributed by atoms with van der Waals surface area (Å²) in [7, 11) is 0. The van der Waals surface area contributed by atoms with Gasteiger partial charge in [0.25, 0.3) is 5.91 Å². The van der Waals surface area contributed by atoms with E-state index in [4.69, 9.17) is 0 Å². The Labute approximate surface area is 144 Å². The minimum atomic E-state index is 0.00155. The van der Waals surface area contributed by atoms with Crippen LogP contribution in [0.25, 0.3) is 0 Å². The van der Waals surface area contributed by atoms with E-state index in [1.165, 1.54) is 6.42 Å². The minimum Gasteiger partial charge on any atom is -0.349 e. The molecule has 1 N–H and O–H groups in total. The molecule has 1 saturated carbocycles. The van der Waals surface area contributed by atoms with Crippen LogP contribution in [-0.4, -0.2) is 11.9 Å². The lowest BCUT2D eigenvalue weighted by atomic mass is 9.63. The van der Waals surface area contributed by atoms with Crippen molar-refractivity contribution >= 4 is 37.8 Å². The number of carbonyl (C=O) groups excluding carboxylic acids is 1. The van der Waals surface area contributed by atoms with Gasteiger partial charge in [-0.3, -0.25) is 4.79 Å². The number of hydrogen-bond donors (Lipinski definition) is 1. The Morgan fingerprint density at radius 2 is 1.71 bits per heavy atom. The van der Waals surface area contributed by atoms with E-state index in [2.05, 4.69) is 64.9 Å². The SMILES string of the molecule is CC1(C)CC(NC(=O)c2cc(Br)ccc2Br)CC(C)(C)C1. The number of carbonyl (C=O) groups is 1. The predicted octanol–water partition coefficient (Wildman–Crippen LogP) is 5.55. The summed E-state index contributed by atoms with van der Waals surface area (Å²) < 4.78 is 1.75. The van der Waals surface area contributed by atoms with Crippen molar-refractivity contribution in [3.63, 3.8) is 0 Å². The summed E-state index contributed by atoms with van der Waals surface area (Å²) >= 11 is 6.88. The highest BCUT2D eigenvalue weighted by Crippen LogP contribution is 2.45. The molecule has 2 nitrogen and oxygen atoms in total. The maximum atomic E-state index is 12.5. The fourth-order valence-electron chi connectivity index (χ4n) is 3.88. The summed E-state index contributed by atoms with van der Waals surface area (Å²) in [5, 5.41) is 3.22. The third kappa shape index (κ3) is 4.56. The van der Waals surface area contributed by atoms with Crippen LogP contribution in [0.4, 0.5) is 0 Å². The first-order valence-electron chi connectivity index (χ1n) is 7.34. The Hall–Kier alpha value is -0.350. The molecule has 4 heteroatoms. The van der Waals surface area contributed by atoms with Crippen molar-refractivity contribution in [2.75, 3.05) is 0 Å². The van der Waals surface area contributed by atoms with E-state index < -0.39 is 0 Å². The molecule has 0 aliphatic heterocycles. The van der Waals surface area contributed by atoms with Gasteiger partial charge in [-0.05, 0) is 64.2 Å². The van der Waals surface area contributed by atoms with Gasteiger partial charge in [0.1, 0.15) is 0 Å². The standard InChI is InChI=1S/C17H23Br2NO/c1-16(2)8-12(9-17(3,4)10-16)20-15(21)13-7-11(18)5-6-14(13)19/h5-7,12H,8-10H2,1-4H3,(H,20,21). The molecule has 0 atom stereocenters. The van der Waals surface area contributed by atoms with Gasteiger partial charge in [-0.2, -0.15) is 0 Å². The largest absolute Gasteiger partial charge is 0.349 e. The first kappa shape index (κ1) is 17.0. The zero-order chi connectivity index (χ0) is 15.8. The second-order valence-electron chi connectivity index (χ2n) is 7.71. The van der Waals surface area contributed by atoms with Crippen molar-refractivity contribution in [1.29, 1.82) is 0 Å². The van der Waals surface area contributed by atoms with Crippen molar-refractivity contribution < 1.29 is 4.79 Å².